The van der Waals surface area contributed by atoms with E-state index in [-0.39, 0.29) is 0 Å². The summed E-state index contributed by atoms with van der Waals surface area (Å²) in [5.41, 5.74) is 1.54. The topological polar surface area (TPSA) is 12.0 Å². The fourth-order valence-corrected chi connectivity index (χ4v) is 2.14. The van der Waals surface area contributed by atoms with E-state index in [0.717, 1.165) is 0 Å². The minimum Gasteiger partial charge on any atom is -0.336 e. The molecule has 0 aromatic heterocycles. The zero-order valence-corrected chi connectivity index (χ0v) is 7.10. The second kappa shape index (κ2) is 3.18. The van der Waals surface area contributed by atoms with Crippen molar-refractivity contribution in [1.29, 1.82) is 0 Å². The van der Waals surface area contributed by atoms with Gasteiger partial charge in [-0.3, -0.25) is 0 Å². The van der Waals surface area contributed by atoms with Crippen molar-refractivity contribution in [3.05, 3.63) is 36.1 Å². The summed E-state index contributed by atoms with van der Waals surface area (Å²) < 4.78 is 3.14. The zero-order chi connectivity index (χ0) is 7.52. The summed E-state index contributed by atoms with van der Waals surface area (Å²) in [7, 11) is 0. The van der Waals surface area contributed by atoms with Gasteiger partial charge in [-0.2, -0.15) is 0 Å². The van der Waals surface area contributed by atoms with Crippen LogP contribution >= 0.6 is 11.9 Å². The summed E-state index contributed by atoms with van der Waals surface area (Å²) in [4.78, 5) is 0. The molecule has 0 amide bonds. The van der Waals surface area contributed by atoms with Crippen molar-refractivity contribution >= 4 is 11.9 Å². The number of rotatable bonds is 1. The lowest BCUT2D eigenvalue weighted by atomic mass is 10.0. The molecule has 0 bridgehead atoms. The molecule has 1 atom stereocenters. The Bertz CT molecular complexity index is 228. The minimum atomic E-state index is 0.583. The smallest absolute Gasteiger partial charge is 0.0655 e. The average molecular weight is 165 g/mol. The van der Waals surface area contributed by atoms with Crippen LogP contribution in [0.25, 0.3) is 0 Å². The van der Waals surface area contributed by atoms with Gasteiger partial charge in [0.1, 0.15) is 0 Å². The molecule has 58 valence electrons. The molecule has 0 aromatic rings. The predicted molar refractivity (Wildman–Crippen MR) is 50.1 cm³/mol. The summed E-state index contributed by atoms with van der Waals surface area (Å²) in [6.07, 6.45) is 13.3. The summed E-state index contributed by atoms with van der Waals surface area (Å²) in [6.45, 7) is 0. The lowest BCUT2D eigenvalue weighted by molar-refractivity contribution is 0.934. The van der Waals surface area contributed by atoms with Crippen molar-refractivity contribution in [3.8, 4) is 0 Å². The number of nitrogens with one attached hydrogen (secondary N) is 1. The van der Waals surface area contributed by atoms with E-state index in [1.807, 2.05) is 6.20 Å². The molecule has 2 rings (SSSR count). The lowest BCUT2D eigenvalue weighted by Gasteiger charge is -2.12. The molecule has 11 heavy (non-hydrogen) atoms. The van der Waals surface area contributed by atoms with E-state index in [1.165, 1.54) is 12.8 Å². The van der Waals surface area contributed by atoms with E-state index >= 15 is 0 Å². The van der Waals surface area contributed by atoms with Crippen LogP contribution in [0.15, 0.2) is 36.1 Å². The SMILES string of the molecule is C1=CCCC(C2C=CNS2)=C1. The molecule has 0 spiro atoms. The van der Waals surface area contributed by atoms with Gasteiger partial charge >= 0.3 is 0 Å². The van der Waals surface area contributed by atoms with Gasteiger partial charge < -0.3 is 4.72 Å². The van der Waals surface area contributed by atoms with Gasteiger partial charge in [0.2, 0.25) is 0 Å². The van der Waals surface area contributed by atoms with Crippen LogP contribution in [0.5, 0.6) is 0 Å². The van der Waals surface area contributed by atoms with E-state index in [9.17, 15) is 0 Å². The molecule has 0 radical (unpaired) electrons. The Labute approximate surface area is 71.4 Å². The van der Waals surface area contributed by atoms with Crippen molar-refractivity contribution in [2.24, 2.45) is 0 Å². The Morgan fingerprint density at radius 1 is 1.55 bits per heavy atom. The molecule has 2 heteroatoms. The Hall–Kier alpha value is -0.630. The Morgan fingerprint density at radius 2 is 2.55 bits per heavy atom. The van der Waals surface area contributed by atoms with Crippen LogP contribution in [0.2, 0.25) is 0 Å². The van der Waals surface area contributed by atoms with Gasteiger partial charge in [-0.25, -0.2) is 0 Å². The van der Waals surface area contributed by atoms with Gasteiger partial charge in [-0.1, -0.05) is 23.8 Å². The third-order valence-electron chi connectivity index (χ3n) is 1.95. The Kier molecular flexibility index (Phi) is 2.04. The first-order valence-electron chi connectivity index (χ1n) is 3.90. The van der Waals surface area contributed by atoms with Gasteiger partial charge in [-0.05, 0) is 30.9 Å². The van der Waals surface area contributed by atoms with E-state index in [1.54, 1.807) is 17.5 Å². The van der Waals surface area contributed by atoms with Gasteiger partial charge in [0.05, 0.1) is 5.25 Å². The zero-order valence-electron chi connectivity index (χ0n) is 6.29. The maximum Gasteiger partial charge on any atom is 0.0655 e. The Balaban J connectivity index is 2.08. The number of hydrogen-bond donors (Lipinski definition) is 1. The molecule has 1 aliphatic heterocycles. The van der Waals surface area contributed by atoms with Crippen LogP contribution in [0, 0.1) is 0 Å². The van der Waals surface area contributed by atoms with Gasteiger partial charge in [0.25, 0.3) is 0 Å². The maximum absolute atomic E-state index is 3.14. The molecular formula is C9H11NS. The predicted octanol–water partition coefficient (Wildman–Crippen LogP) is 2.40. The van der Waals surface area contributed by atoms with Crippen LogP contribution in [0.1, 0.15) is 12.8 Å². The molecule has 1 nitrogen and oxygen atoms in total. The van der Waals surface area contributed by atoms with Crippen molar-refractivity contribution < 1.29 is 0 Å². The van der Waals surface area contributed by atoms with Crippen molar-refractivity contribution in [1.82, 2.24) is 4.72 Å². The first kappa shape index (κ1) is 7.04. The molecule has 0 fully saturated rings. The van der Waals surface area contributed by atoms with E-state index < -0.39 is 0 Å². The highest BCUT2D eigenvalue weighted by molar-refractivity contribution is 7.98. The summed E-state index contributed by atoms with van der Waals surface area (Å²) in [5.74, 6) is 0. The van der Waals surface area contributed by atoms with Crippen LogP contribution in [0.4, 0.5) is 0 Å². The highest BCUT2D eigenvalue weighted by atomic mass is 32.2. The van der Waals surface area contributed by atoms with Crippen molar-refractivity contribution in [2.75, 3.05) is 0 Å². The third-order valence-corrected chi connectivity index (χ3v) is 2.93. The van der Waals surface area contributed by atoms with Gasteiger partial charge in [0.15, 0.2) is 0 Å². The van der Waals surface area contributed by atoms with Crippen LogP contribution < -0.4 is 4.72 Å². The first-order valence-corrected chi connectivity index (χ1v) is 4.78. The van der Waals surface area contributed by atoms with Crippen LogP contribution in [-0.2, 0) is 0 Å². The average Bonchev–Trinajstić information content (AvgIpc) is 2.58. The molecule has 0 saturated carbocycles. The summed E-state index contributed by atoms with van der Waals surface area (Å²) in [5, 5.41) is 0.583. The summed E-state index contributed by atoms with van der Waals surface area (Å²) in [6, 6.07) is 0. The highest BCUT2D eigenvalue weighted by Crippen LogP contribution is 2.27. The van der Waals surface area contributed by atoms with E-state index in [0.29, 0.717) is 5.25 Å². The Morgan fingerprint density at radius 3 is 3.18 bits per heavy atom. The molecule has 1 unspecified atom stereocenters. The molecule has 1 aliphatic carbocycles. The van der Waals surface area contributed by atoms with Gasteiger partial charge in [0, 0.05) is 6.20 Å². The lowest BCUT2D eigenvalue weighted by Crippen LogP contribution is -2.03. The van der Waals surface area contributed by atoms with Crippen molar-refractivity contribution in [2.45, 2.75) is 18.1 Å². The summed E-state index contributed by atoms with van der Waals surface area (Å²) >= 11 is 1.79. The number of allylic oxidation sites excluding steroid dienone is 3. The van der Waals surface area contributed by atoms with Gasteiger partial charge in [-0.15, -0.1) is 0 Å². The first-order chi connectivity index (χ1) is 5.47. The molecule has 1 N–H and O–H groups in total. The monoisotopic (exact) mass is 165 g/mol. The highest BCUT2D eigenvalue weighted by Gasteiger charge is 2.14. The van der Waals surface area contributed by atoms with Crippen molar-refractivity contribution in [3.63, 3.8) is 0 Å². The second-order valence-corrected chi connectivity index (χ2v) is 3.70. The quantitative estimate of drug-likeness (QED) is 0.599. The van der Waals surface area contributed by atoms with E-state index in [4.69, 9.17) is 0 Å². The van der Waals surface area contributed by atoms with E-state index in [2.05, 4.69) is 29.0 Å². The molecule has 0 aromatic carbocycles. The van der Waals surface area contributed by atoms with Crippen LogP contribution in [-0.4, -0.2) is 5.25 Å². The molecule has 2 aliphatic rings. The molecular weight excluding hydrogens is 154 g/mol. The number of hydrogen-bond acceptors (Lipinski definition) is 2. The second-order valence-electron chi connectivity index (χ2n) is 2.72. The maximum atomic E-state index is 3.14. The third kappa shape index (κ3) is 1.51. The fraction of sp³-hybridized carbons (Fsp3) is 0.333. The largest absolute Gasteiger partial charge is 0.336 e. The fourth-order valence-electron chi connectivity index (χ4n) is 1.34. The molecule has 0 saturated heterocycles. The standard InChI is InChI=1S/C9H11NS/c1-2-4-8(5-3-1)9-6-7-10-11-9/h1-2,4,6-7,9-10H,3,5H2. The molecule has 1 heterocycles. The normalized spacial score (nSPS) is 28.4. The van der Waals surface area contributed by atoms with Crippen LogP contribution in [0.3, 0.4) is 0 Å². The minimum absolute atomic E-state index is 0.583.